The Morgan fingerprint density at radius 2 is 2.55 bits per heavy atom. The lowest BCUT2D eigenvalue weighted by molar-refractivity contribution is -0.147. The second-order valence-electron chi connectivity index (χ2n) is 2.29. The molecule has 1 heterocycles. The van der Waals surface area contributed by atoms with Gasteiger partial charge in [-0.05, 0) is 12.2 Å². The van der Waals surface area contributed by atoms with Crippen LogP contribution >= 0.6 is 12.2 Å². The maximum absolute atomic E-state index is 10.5. The van der Waals surface area contributed by atoms with Crippen LogP contribution in [-0.2, 0) is 9.53 Å². The summed E-state index contributed by atoms with van der Waals surface area (Å²) in [6.07, 6.45) is 0.501. The first-order valence-corrected chi connectivity index (χ1v) is 3.81. The summed E-state index contributed by atoms with van der Waals surface area (Å²) < 4.78 is 4.88. The Morgan fingerprint density at radius 3 is 3.09 bits per heavy atom. The van der Waals surface area contributed by atoms with Crippen molar-refractivity contribution in [1.82, 2.24) is 10.6 Å². The first-order chi connectivity index (χ1) is 5.18. The molecule has 1 rings (SSSR count). The van der Waals surface area contributed by atoms with E-state index in [1.807, 2.05) is 0 Å². The predicted octanol–water partition coefficient (Wildman–Crippen LogP) is -0.257. The van der Waals surface area contributed by atoms with Gasteiger partial charge in [0.1, 0.15) is 0 Å². The van der Waals surface area contributed by atoms with E-state index in [0.717, 1.165) is 13.0 Å². The summed E-state index contributed by atoms with van der Waals surface area (Å²) in [5.74, 6) is -0.285. The molecule has 0 radical (unpaired) electrons. The van der Waals surface area contributed by atoms with Gasteiger partial charge in [-0.25, -0.2) is 0 Å². The van der Waals surface area contributed by atoms with Gasteiger partial charge in [-0.2, -0.15) is 0 Å². The molecule has 11 heavy (non-hydrogen) atoms. The number of carbonyl (C=O) groups excluding carboxylic acids is 1. The molecule has 1 aliphatic rings. The van der Waals surface area contributed by atoms with Crippen LogP contribution in [0.4, 0.5) is 0 Å². The van der Waals surface area contributed by atoms with Gasteiger partial charge >= 0.3 is 5.97 Å². The highest BCUT2D eigenvalue weighted by Gasteiger charge is 2.16. The van der Waals surface area contributed by atoms with E-state index in [1.54, 1.807) is 0 Å². The molecule has 5 heteroatoms. The van der Waals surface area contributed by atoms with Crippen LogP contribution in [-0.4, -0.2) is 23.9 Å². The van der Waals surface area contributed by atoms with Gasteiger partial charge in [0.25, 0.3) is 0 Å². The summed E-state index contributed by atoms with van der Waals surface area (Å²) in [7, 11) is 0. The number of thiocarbonyl (C=S) groups is 1. The molecule has 2 N–H and O–H groups in total. The smallest absolute Gasteiger partial charge is 0.304 e. The molecule has 0 bridgehead atoms. The number of hydrogen-bond acceptors (Lipinski definition) is 3. The normalized spacial score (nSPS) is 23.4. The first kappa shape index (κ1) is 8.26. The van der Waals surface area contributed by atoms with Crippen LogP contribution in [0.25, 0.3) is 0 Å². The van der Waals surface area contributed by atoms with Crippen LogP contribution in [0.2, 0.25) is 0 Å². The fourth-order valence-corrected chi connectivity index (χ4v) is 1.11. The molecule has 0 aromatic rings. The van der Waals surface area contributed by atoms with Crippen LogP contribution in [0.15, 0.2) is 0 Å². The molecule has 1 saturated heterocycles. The van der Waals surface area contributed by atoms with Gasteiger partial charge < -0.3 is 15.4 Å². The summed E-state index contributed by atoms with van der Waals surface area (Å²) in [6.45, 7) is 2.14. The highest BCUT2D eigenvalue weighted by Crippen LogP contribution is 1.98. The zero-order chi connectivity index (χ0) is 8.27. The van der Waals surface area contributed by atoms with E-state index in [1.165, 1.54) is 6.92 Å². The fourth-order valence-electron chi connectivity index (χ4n) is 0.875. The van der Waals surface area contributed by atoms with Crippen molar-refractivity contribution < 1.29 is 9.53 Å². The molecule has 1 unspecified atom stereocenters. The predicted molar refractivity (Wildman–Crippen MR) is 43.9 cm³/mol. The molecule has 0 saturated carbocycles. The number of esters is 1. The monoisotopic (exact) mass is 174 g/mol. The van der Waals surface area contributed by atoms with Crippen molar-refractivity contribution in [3.63, 3.8) is 0 Å². The van der Waals surface area contributed by atoms with Gasteiger partial charge in [0.05, 0.1) is 0 Å². The number of ether oxygens (including phenoxy) is 1. The highest BCUT2D eigenvalue weighted by atomic mass is 32.1. The van der Waals surface area contributed by atoms with Crippen LogP contribution in [0.3, 0.4) is 0 Å². The Labute approximate surface area is 70.3 Å². The molecule has 4 nitrogen and oxygen atoms in total. The van der Waals surface area contributed by atoms with E-state index < -0.39 is 0 Å². The minimum atomic E-state index is -0.285. The highest BCUT2D eigenvalue weighted by molar-refractivity contribution is 7.80. The lowest BCUT2D eigenvalue weighted by atomic mass is 10.3. The molecular weight excluding hydrogens is 164 g/mol. The molecule has 1 aliphatic heterocycles. The Kier molecular flexibility index (Phi) is 2.64. The number of hydrogen-bond donors (Lipinski definition) is 2. The van der Waals surface area contributed by atoms with E-state index in [0.29, 0.717) is 5.11 Å². The molecule has 0 aromatic carbocycles. The van der Waals surface area contributed by atoms with Crippen molar-refractivity contribution in [2.75, 3.05) is 6.54 Å². The largest absolute Gasteiger partial charge is 0.442 e. The van der Waals surface area contributed by atoms with Crippen LogP contribution < -0.4 is 10.6 Å². The Morgan fingerprint density at radius 1 is 1.82 bits per heavy atom. The SMILES string of the molecule is CC(=O)OC1CCNC(=S)N1. The molecule has 0 aromatic heterocycles. The second-order valence-corrected chi connectivity index (χ2v) is 2.70. The molecule has 1 fully saturated rings. The minimum Gasteiger partial charge on any atom is -0.442 e. The maximum atomic E-state index is 10.5. The summed E-state index contributed by atoms with van der Waals surface area (Å²) in [5, 5.41) is 6.28. The van der Waals surface area contributed by atoms with Crippen molar-refractivity contribution in [3.05, 3.63) is 0 Å². The van der Waals surface area contributed by atoms with Crippen molar-refractivity contribution >= 4 is 23.3 Å². The molecule has 0 spiro atoms. The van der Waals surface area contributed by atoms with E-state index in [4.69, 9.17) is 17.0 Å². The Bertz CT molecular complexity index is 181. The summed E-state index contributed by atoms with van der Waals surface area (Å²) in [4.78, 5) is 10.5. The fraction of sp³-hybridized carbons (Fsp3) is 0.667. The van der Waals surface area contributed by atoms with Crippen molar-refractivity contribution in [2.24, 2.45) is 0 Å². The third-order valence-corrected chi connectivity index (χ3v) is 1.55. The number of rotatable bonds is 1. The molecule has 1 atom stereocenters. The number of carbonyl (C=O) groups is 1. The van der Waals surface area contributed by atoms with Crippen LogP contribution in [0, 0.1) is 0 Å². The summed E-state index contributed by atoms with van der Waals surface area (Å²) >= 11 is 4.82. The van der Waals surface area contributed by atoms with Gasteiger partial charge in [0.2, 0.25) is 0 Å². The van der Waals surface area contributed by atoms with E-state index >= 15 is 0 Å². The van der Waals surface area contributed by atoms with Gasteiger partial charge in [0, 0.05) is 19.9 Å². The topological polar surface area (TPSA) is 50.4 Å². The zero-order valence-electron chi connectivity index (χ0n) is 6.22. The third kappa shape index (κ3) is 2.71. The quantitative estimate of drug-likeness (QED) is 0.424. The standard InChI is InChI=1S/C6H10N2O2S/c1-4(9)10-5-2-3-7-6(11)8-5/h5H,2-3H2,1H3,(H2,7,8,11). The molecular formula is C6H10N2O2S. The molecule has 62 valence electrons. The minimum absolute atomic E-state index is 0.249. The molecule has 0 aliphatic carbocycles. The molecule has 0 amide bonds. The Hall–Kier alpha value is -0.840. The van der Waals surface area contributed by atoms with E-state index in [-0.39, 0.29) is 12.2 Å². The van der Waals surface area contributed by atoms with Gasteiger partial charge in [-0.1, -0.05) is 0 Å². The van der Waals surface area contributed by atoms with Crippen molar-refractivity contribution in [1.29, 1.82) is 0 Å². The summed E-state index contributed by atoms with van der Waals surface area (Å²) in [6, 6.07) is 0. The average Bonchev–Trinajstić information content (AvgIpc) is 1.85. The van der Waals surface area contributed by atoms with E-state index in [2.05, 4.69) is 10.6 Å². The zero-order valence-corrected chi connectivity index (χ0v) is 7.03. The number of nitrogens with one attached hydrogen (secondary N) is 2. The average molecular weight is 174 g/mol. The Balaban J connectivity index is 2.34. The van der Waals surface area contributed by atoms with Gasteiger partial charge in [-0.15, -0.1) is 0 Å². The van der Waals surface area contributed by atoms with Crippen molar-refractivity contribution in [3.8, 4) is 0 Å². The van der Waals surface area contributed by atoms with Gasteiger partial charge in [-0.3, -0.25) is 4.79 Å². The maximum Gasteiger partial charge on any atom is 0.304 e. The van der Waals surface area contributed by atoms with Crippen LogP contribution in [0.1, 0.15) is 13.3 Å². The van der Waals surface area contributed by atoms with E-state index in [9.17, 15) is 4.79 Å². The summed E-state index contributed by atoms with van der Waals surface area (Å²) in [5.41, 5.74) is 0. The van der Waals surface area contributed by atoms with Crippen LogP contribution in [0.5, 0.6) is 0 Å². The van der Waals surface area contributed by atoms with Gasteiger partial charge in [0.15, 0.2) is 11.3 Å². The first-order valence-electron chi connectivity index (χ1n) is 3.40. The lowest BCUT2D eigenvalue weighted by Crippen LogP contribution is -2.50. The van der Waals surface area contributed by atoms with Crippen molar-refractivity contribution in [2.45, 2.75) is 19.6 Å². The lowest BCUT2D eigenvalue weighted by Gasteiger charge is -2.25. The third-order valence-electron chi connectivity index (χ3n) is 1.29. The second kappa shape index (κ2) is 3.52.